The third-order valence-corrected chi connectivity index (χ3v) is 2.72. The largest absolute Gasteiger partial charge is 0.476 e. The van der Waals surface area contributed by atoms with E-state index in [-0.39, 0.29) is 11.8 Å². The van der Waals surface area contributed by atoms with Gasteiger partial charge in [0.1, 0.15) is 0 Å². The second kappa shape index (κ2) is 4.63. The molecule has 0 aliphatic heterocycles. The SMILES string of the molecule is O=C(O)c1cc(CNCC2CC(O)C2)on1. The zero-order chi connectivity index (χ0) is 11.5. The lowest BCUT2D eigenvalue weighted by Gasteiger charge is -2.31. The van der Waals surface area contributed by atoms with Gasteiger partial charge >= 0.3 is 5.97 Å². The van der Waals surface area contributed by atoms with Crippen molar-refractivity contribution in [2.45, 2.75) is 25.5 Å². The van der Waals surface area contributed by atoms with Crippen molar-refractivity contribution < 1.29 is 19.5 Å². The fraction of sp³-hybridized carbons (Fsp3) is 0.600. The molecule has 6 heteroatoms. The van der Waals surface area contributed by atoms with E-state index < -0.39 is 5.97 Å². The molecule has 1 saturated carbocycles. The smallest absolute Gasteiger partial charge is 0.358 e. The van der Waals surface area contributed by atoms with Crippen LogP contribution in [0.1, 0.15) is 29.1 Å². The highest BCUT2D eigenvalue weighted by molar-refractivity contribution is 5.85. The van der Waals surface area contributed by atoms with E-state index in [0.29, 0.717) is 18.2 Å². The summed E-state index contributed by atoms with van der Waals surface area (Å²) in [5.74, 6) is -0.0637. The summed E-state index contributed by atoms with van der Waals surface area (Å²) in [6.45, 7) is 1.27. The number of carboxylic acids is 1. The summed E-state index contributed by atoms with van der Waals surface area (Å²) in [5.41, 5.74) is -0.0733. The maximum absolute atomic E-state index is 10.5. The molecule has 1 heterocycles. The third kappa shape index (κ3) is 2.59. The van der Waals surface area contributed by atoms with Gasteiger partial charge in [-0.15, -0.1) is 0 Å². The Bertz CT molecular complexity index is 371. The average molecular weight is 226 g/mol. The summed E-state index contributed by atoms with van der Waals surface area (Å²) < 4.78 is 4.84. The zero-order valence-corrected chi connectivity index (χ0v) is 8.72. The minimum Gasteiger partial charge on any atom is -0.476 e. The second-order valence-electron chi connectivity index (χ2n) is 4.11. The summed E-state index contributed by atoms with van der Waals surface area (Å²) in [6, 6.07) is 1.41. The van der Waals surface area contributed by atoms with Gasteiger partial charge in [0, 0.05) is 6.07 Å². The summed E-state index contributed by atoms with van der Waals surface area (Å²) >= 11 is 0. The highest BCUT2D eigenvalue weighted by atomic mass is 16.5. The van der Waals surface area contributed by atoms with Gasteiger partial charge in [0.15, 0.2) is 11.5 Å². The topological polar surface area (TPSA) is 95.6 Å². The van der Waals surface area contributed by atoms with E-state index in [9.17, 15) is 4.79 Å². The fourth-order valence-electron chi connectivity index (χ4n) is 1.76. The number of aromatic carboxylic acids is 1. The molecule has 6 nitrogen and oxygen atoms in total. The zero-order valence-electron chi connectivity index (χ0n) is 8.72. The van der Waals surface area contributed by atoms with Crippen LogP contribution in [-0.4, -0.2) is 34.0 Å². The van der Waals surface area contributed by atoms with Crippen LogP contribution in [0.25, 0.3) is 0 Å². The van der Waals surface area contributed by atoms with Gasteiger partial charge in [-0.05, 0) is 25.3 Å². The number of aliphatic hydroxyl groups is 1. The van der Waals surface area contributed by atoms with Gasteiger partial charge in [0.05, 0.1) is 12.6 Å². The van der Waals surface area contributed by atoms with Gasteiger partial charge in [-0.1, -0.05) is 5.16 Å². The molecule has 1 aliphatic carbocycles. The number of rotatable bonds is 5. The predicted octanol–water partition coefficient (Wildman–Crippen LogP) is 0.233. The highest BCUT2D eigenvalue weighted by Gasteiger charge is 2.26. The lowest BCUT2D eigenvalue weighted by molar-refractivity contribution is 0.0427. The molecular weight excluding hydrogens is 212 g/mol. The molecule has 1 aromatic heterocycles. The van der Waals surface area contributed by atoms with E-state index in [1.165, 1.54) is 6.07 Å². The maximum Gasteiger partial charge on any atom is 0.358 e. The quantitative estimate of drug-likeness (QED) is 0.665. The number of aromatic nitrogens is 1. The van der Waals surface area contributed by atoms with E-state index >= 15 is 0 Å². The summed E-state index contributed by atoms with van der Waals surface area (Å²) in [6.07, 6.45) is 1.53. The van der Waals surface area contributed by atoms with Gasteiger partial charge < -0.3 is 20.1 Å². The Labute approximate surface area is 92.2 Å². The summed E-state index contributed by atoms with van der Waals surface area (Å²) in [5, 5.41) is 24.2. The third-order valence-electron chi connectivity index (χ3n) is 2.72. The molecule has 2 rings (SSSR count). The molecule has 1 aromatic rings. The molecule has 3 N–H and O–H groups in total. The number of hydrogen-bond donors (Lipinski definition) is 3. The minimum absolute atomic E-state index is 0.0733. The maximum atomic E-state index is 10.5. The molecular formula is C10H14N2O4. The van der Waals surface area contributed by atoms with E-state index in [2.05, 4.69) is 10.5 Å². The normalized spacial score (nSPS) is 24.1. The van der Waals surface area contributed by atoms with E-state index in [1.807, 2.05) is 0 Å². The molecule has 0 aromatic carbocycles. The van der Waals surface area contributed by atoms with Crippen LogP contribution < -0.4 is 5.32 Å². The molecule has 0 radical (unpaired) electrons. The Morgan fingerprint density at radius 2 is 2.38 bits per heavy atom. The van der Waals surface area contributed by atoms with Crippen LogP contribution in [0.2, 0.25) is 0 Å². The Morgan fingerprint density at radius 3 is 2.94 bits per heavy atom. The Kier molecular flexibility index (Phi) is 3.21. The van der Waals surface area contributed by atoms with Gasteiger partial charge in [-0.25, -0.2) is 4.79 Å². The first-order chi connectivity index (χ1) is 7.65. The molecule has 0 atom stereocenters. The summed E-state index contributed by atoms with van der Waals surface area (Å²) in [7, 11) is 0. The number of hydrogen-bond acceptors (Lipinski definition) is 5. The molecule has 0 amide bonds. The van der Waals surface area contributed by atoms with Crippen molar-refractivity contribution in [1.29, 1.82) is 0 Å². The first kappa shape index (κ1) is 11.1. The highest BCUT2D eigenvalue weighted by Crippen LogP contribution is 2.26. The van der Waals surface area contributed by atoms with Crippen LogP contribution in [0.4, 0.5) is 0 Å². The van der Waals surface area contributed by atoms with Crippen molar-refractivity contribution in [2.24, 2.45) is 5.92 Å². The lowest BCUT2D eigenvalue weighted by atomic mass is 9.82. The van der Waals surface area contributed by atoms with Crippen LogP contribution in [0.15, 0.2) is 10.6 Å². The van der Waals surface area contributed by atoms with Gasteiger partial charge in [0.25, 0.3) is 0 Å². The molecule has 88 valence electrons. The second-order valence-corrected chi connectivity index (χ2v) is 4.11. The minimum atomic E-state index is -1.09. The van der Waals surface area contributed by atoms with Crippen LogP contribution >= 0.6 is 0 Å². The Hall–Kier alpha value is -1.40. The first-order valence-corrected chi connectivity index (χ1v) is 5.23. The fourth-order valence-corrected chi connectivity index (χ4v) is 1.76. The van der Waals surface area contributed by atoms with Crippen molar-refractivity contribution in [3.63, 3.8) is 0 Å². The van der Waals surface area contributed by atoms with Crippen molar-refractivity contribution >= 4 is 5.97 Å². The predicted molar refractivity (Wildman–Crippen MR) is 53.9 cm³/mol. The van der Waals surface area contributed by atoms with Gasteiger partial charge in [-0.3, -0.25) is 0 Å². The van der Waals surface area contributed by atoms with E-state index in [1.54, 1.807) is 0 Å². The number of carbonyl (C=O) groups is 1. The molecule has 1 aliphatic rings. The summed E-state index contributed by atoms with van der Waals surface area (Å²) in [4.78, 5) is 10.5. The molecule has 0 spiro atoms. The molecule has 0 bridgehead atoms. The lowest BCUT2D eigenvalue weighted by Crippen LogP contribution is -2.35. The molecule has 1 fully saturated rings. The number of nitrogens with one attached hydrogen (secondary N) is 1. The first-order valence-electron chi connectivity index (χ1n) is 5.23. The van der Waals surface area contributed by atoms with Crippen molar-refractivity contribution in [3.8, 4) is 0 Å². The average Bonchev–Trinajstić information content (AvgIpc) is 2.63. The molecule has 0 unspecified atom stereocenters. The van der Waals surface area contributed by atoms with Crippen LogP contribution in [0.3, 0.4) is 0 Å². The van der Waals surface area contributed by atoms with E-state index in [0.717, 1.165) is 19.4 Å². The van der Waals surface area contributed by atoms with E-state index in [4.69, 9.17) is 14.7 Å². The number of carboxylic acid groups (broad SMARTS) is 1. The van der Waals surface area contributed by atoms with Crippen molar-refractivity contribution in [2.75, 3.05) is 6.54 Å². The number of aliphatic hydroxyl groups excluding tert-OH is 1. The van der Waals surface area contributed by atoms with Crippen LogP contribution in [0, 0.1) is 5.92 Å². The monoisotopic (exact) mass is 226 g/mol. The Balaban J connectivity index is 1.70. The van der Waals surface area contributed by atoms with Gasteiger partial charge in [0.2, 0.25) is 0 Å². The van der Waals surface area contributed by atoms with Gasteiger partial charge in [-0.2, -0.15) is 0 Å². The number of nitrogens with zero attached hydrogens (tertiary/aromatic N) is 1. The standard InChI is InChI=1S/C10H14N2O4/c13-7-1-6(2-7)4-11-5-8-3-9(10(14)15)12-16-8/h3,6-7,11,13H,1-2,4-5H2,(H,14,15). The molecule has 0 saturated heterocycles. The van der Waals surface area contributed by atoms with Crippen molar-refractivity contribution in [3.05, 3.63) is 17.5 Å². The molecule has 16 heavy (non-hydrogen) atoms. The van der Waals surface area contributed by atoms with Crippen molar-refractivity contribution in [1.82, 2.24) is 10.5 Å². The van der Waals surface area contributed by atoms with Crippen LogP contribution in [-0.2, 0) is 6.54 Å². The van der Waals surface area contributed by atoms with Crippen LogP contribution in [0.5, 0.6) is 0 Å². The Morgan fingerprint density at radius 1 is 1.62 bits per heavy atom.